The first-order chi connectivity index (χ1) is 19.5. The van der Waals surface area contributed by atoms with Crippen LogP contribution in [-0.2, 0) is 20.7 Å². The Kier molecular flexibility index (Phi) is 11.1. The molecule has 1 heterocycles. The molecule has 40 heavy (non-hydrogen) atoms. The number of carbonyl (C=O) groups excluding carboxylic acids is 1. The van der Waals surface area contributed by atoms with E-state index in [1.165, 1.54) is 0 Å². The van der Waals surface area contributed by atoms with Crippen LogP contribution in [-0.4, -0.2) is 55.9 Å². The Morgan fingerprint density at radius 1 is 1.02 bits per heavy atom. The number of hydrogen-bond donors (Lipinski definition) is 3. The minimum atomic E-state index is -1.31. The lowest BCUT2D eigenvalue weighted by atomic mass is 9.82. The molecule has 8 nitrogen and oxygen atoms in total. The number of ether oxygens (including phenoxy) is 3. The summed E-state index contributed by atoms with van der Waals surface area (Å²) in [7, 11) is 1.65. The second-order valence-electron chi connectivity index (χ2n) is 9.34. The summed E-state index contributed by atoms with van der Waals surface area (Å²) < 4.78 is 19.2. The summed E-state index contributed by atoms with van der Waals surface area (Å²) in [6.07, 6.45) is 0.900. The van der Waals surface area contributed by atoms with Crippen molar-refractivity contribution >= 4 is 43.7 Å². The third-order valence-electron chi connectivity index (χ3n) is 6.47. The third kappa shape index (κ3) is 7.50. The predicted octanol–water partition coefficient (Wildman–Crippen LogP) is 5.13. The van der Waals surface area contributed by atoms with Crippen molar-refractivity contribution in [1.29, 1.82) is 0 Å². The highest BCUT2D eigenvalue weighted by molar-refractivity contribution is 9.10. The lowest BCUT2D eigenvalue weighted by molar-refractivity contribution is -0.130. The van der Waals surface area contributed by atoms with E-state index in [1.54, 1.807) is 7.11 Å². The topological polar surface area (TPSA) is 101 Å². The van der Waals surface area contributed by atoms with E-state index in [9.17, 15) is 4.79 Å². The van der Waals surface area contributed by atoms with E-state index in [4.69, 9.17) is 24.3 Å². The van der Waals surface area contributed by atoms with Gasteiger partial charge in [-0.3, -0.25) is 10.2 Å². The number of aliphatic hydroxyl groups is 1. The van der Waals surface area contributed by atoms with Gasteiger partial charge in [0.25, 0.3) is 5.91 Å². The van der Waals surface area contributed by atoms with Gasteiger partial charge in [-0.2, -0.15) is 0 Å². The Bertz CT molecular complexity index is 1290. The first kappa shape index (κ1) is 30.2. The van der Waals surface area contributed by atoms with Gasteiger partial charge in [-0.15, -0.1) is 0 Å². The van der Waals surface area contributed by atoms with Crippen molar-refractivity contribution in [2.75, 3.05) is 33.5 Å². The van der Waals surface area contributed by atoms with E-state index in [1.807, 2.05) is 72.8 Å². The Hall–Kier alpha value is -2.76. The van der Waals surface area contributed by atoms with Gasteiger partial charge in [-0.1, -0.05) is 62.2 Å². The molecule has 1 aliphatic rings. The van der Waals surface area contributed by atoms with Crippen LogP contribution in [0.4, 0.5) is 0 Å². The molecule has 0 aliphatic carbocycles. The normalized spacial score (nSPS) is 18.2. The van der Waals surface area contributed by atoms with E-state index in [0.717, 1.165) is 32.1 Å². The maximum Gasteiger partial charge on any atom is 0.266 e. The molecule has 3 N–H and O–H groups in total. The minimum Gasteiger partial charge on any atom is -0.494 e. The Balaban J connectivity index is 1.73. The molecule has 0 unspecified atom stereocenters. The zero-order chi connectivity index (χ0) is 28.4. The van der Waals surface area contributed by atoms with Crippen LogP contribution < -0.4 is 15.6 Å². The van der Waals surface area contributed by atoms with Crippen molar-refractivity contribution in [3.05, 3.63) is 98.4 Å². The Morgan fingerprint density at radius 2 is 1.77 bits per heavy atom. The van der Waals surface area contributed by atoms with Gasteiger partial charge in [0.2, 0.25) is 5.90 Å². The average molecular weight is 675 g/mol. The number of rotatable bonds is 14. The molecule has 2 atom stereocenters. The Labute approximate surface area is 251 Å². The van der Waals surface area contributed by atoms with Crippen LogP contribution in [0.2, 0.25) is 0 Å². The number of aliphatic imine (C=N–C) groups is 1. The van der Waals surface area contributed by atoms with Gasteiger partial charge in [-0.05, 0) is 60.0 Å². The zero-order valence-corrected chi connectivity index (χ0v) is 25.4. The van der Waals surface area contributed by atoms with Gasteiger partial charge in [0.1, 0.15) is 5.75 Å². The number of nitrogens with one attached hydrogen (secondary N) is 2. The predicted molar refractivity (Wildman–Crippen MR) is 161 cm³/mol. The number of halogens is 2. The van der Waals surface area contributed by atoms with Gasteiger partial charge >= 0.3 is 0 Å². The molecule has 1 aliphatic heterocycles. The highest BCUT2D eigenvalue weighted by atomic mass is 79.9. The second kappa shape index (κ2) is 14.7. The first-order valence-electron chi connectivity index (χ1n) is 13.1. The number of hydrogen-bond acceptors (Lipinski definition) is 7. The number of hydrazine groups is 1. The molecule has 0 radical (unpaired) electrons. The van der Waals surface area contributed by atoms with E-state index in [-0.39, 0.29) is 12.5 Å². The number of nitrogens with zero attached hydrogens (tertiary/aromatic N) is 1. The van der Waals surface area contributed by atoms with Crippen LogP contribution in [0, 0.1) is 0 Å². The molecule has 4 rings (SSSR count). The van der Waals surface area contributed by atoms with Crippen molar-refractivity contribution < 1.29 is 24.1 Å². The van der Waals surface area contributed by atoms with Crippen LogP contribution in [0.1, 0.15) is 35.6 Å². The fourth-order valence-corrected chi connectivity index (χ4v) is 5.10. The number of methoxy groups -OCH3 is 1. The van der Waals surface area contributed by atoms with Crippen LogP contribution >= 0.6 is 31.9 Å². The number of amides is 1. The molecule has 0 aromatic heterocycles. The van der Waals surface area contributed by atoms with Gasteiger partial charge in [0.15, 0.2) is 11.6 Å². The van der Waals surface area contributed by atoms with Crippen molar-refractivity contribution in [3.8, 4) is 5.75 Å². The van der Waals surface area contributed by atoms with Crippen LogP contribution in [0.25, 0.3) is 0 Å². The largest absolute Gasteiger partial charge is 0.494 e. The fourth-order valence-electron chi connectivity index (χ4n) is 4.41. The van der Waals surface area contributed by atoms with Crippen molar-refractivity contribution in [2.24, 2.45) is 4.99 Å². The van der Waals surface area contributed by atoms with Crippen molar-refractivity contribution in [2.45, 2.75) is 30.9 Å². The van der Waals surface area contributed by atoms with Gasteiger partial charge in [0.05, 0.1) is 6.61 Å². The van der Waals surface area contributed by atoms with Crippen molar-refractivity contribution in [1.82, 2.24) is 10.9 Å². The summed E-state index contributed by atoms with van der Waals surface area (Å²) in [5.74, 6) is 0.752. The SMILES string of the molecule is COCCCNNC(=O)[C@@]1(Cc2ccccc2Br)N=C(c2ccc(OCCCO)cc2)O[C@H]1c1ccc(Br)cc1. The van der Waals surface area contributed by atoms with Gasteiger partial charge < -0.3 is 19.3 Å². The number of carbonyl (C=O) groups is 1. The highest BCUT2D eigenvalue weighted by Crippen LogP contribution is 2.43. The smallest absolute Gasteiger partial charge is 0.266 e. The molecule has 3 aromatic carbocycles. The standard InChI is InChI=1S/C30H33Br2N3O5/c1-38-18-4-16-33-35-29(37)30(20-23-6-2-3-7-26(23)32)27(21-8-12-24(31)13-9-21)40-28(34-30)22-10-14-25(15-11-22)39-19-5-17-36/h2-3,6-15,27,33,36H,4-5,16-20H2,1H3,(H,35,37)/t27-,30-/m0/s1. The van der Waals surface area contributed by atoms with Gasteiger partial charge in [0, 0.05) is 54.2 Å². The number of aliphatic hydroxyl groups excluding tert-OH is 1. The van der Waals surface area contributed by atoms with E-state index >= 15 is 0 Å². The van der Waals surface area contributed by atoms with Crippen LogP contribution in [0.15, 0.2) is 86.7 Å². The summed E-state index contributed by atoms with van der Waals surface area (Å²) in [5, 5.41) is 9.01. The maximum absolute atomic E-state index is 14.1. The molecule has 212 valence electrons. The monoisotopic (exact) mass is 673 g/mol. The van der Waals surface area contributed by atoms with E-state index < -0.39 is 11.6 Å². The summed E-state index contributed by atoms with van der Waals surface area (Å²) in [4.78, 5) is 19.1. The molecule has 1 amide bonds. The van der Waals surface area contributed by atoms with Crippen molar-refractivity contribution in [3.63, 3.8) is 0 Å². The Morgan fingerprint density at radius 3 is 2.48 bits per heavy atom. The minimum absolute atomic E-state index is 0.0725. The molecule has 0 saturated carbocycles. The molecule has 3 aromatic rings. The quantitative estimate of drug-likeness (QED) is 0.162. The van der Waals surface area contributed by atoms with E-state index in [0.29, 0.717) is 44.2 Å². The zero-order valence-electron chi connectivity index (χ0n) is 22.2. The second-order valence-corrected chi connectivity index (χ2v) is 11.1. The summed E-state index contributed by atoms with van der Waals surface area (Å²) in [6.45, 7) is 1.62. The van der Waals surface area contributed by atoms with Crippen LogP contribution in [0.5, 0.6) is 5.75 Å². The summed E-state index contributed by atoms with van der Waals surface area (Å²) >= 11 is 7.16. The highest BCUT2D eigenvalue weighted by Gasteiger charge is 2.53. The lowest BCUT2D eigenvalue weighted by Crippen LogP contribution is -2.54. The third-order valence-corrected chi connectivity index (χ3v) is 7.77. The molecule has 0 bridgehead atoms. The molecule has 0 spiro atoms. The number of benzene rings is 3. The summed E-state index contributed by atoms with van der Waals surface area (Å²) in [5.41, 5.74) is 7.10. The molecular weight excluding hydrogens is 642 g/mol. The maximum atomic E-state index is 14.1. The van der Waals surface area contributed by atoms with E-state index in [2.05, 4.69) is 42.7 Å². The molecule has 10 heteroatoms. The van der Waals surface area contributed by atoms with Crippen LogP contribution in [0.3, 0.4) is 0 Å². The van der Waals surface area contributed by atoms with Gasteiger partial charge in [-0.25, -0.2) is 10.4 Å². The first-order valence-corrected chi connectivity index (χ1v) is 14.7. The fraction of sp³-hybridized carbons (Fsp3) is 0.333. The molecular formula is C30H33Br2N3O5. The molecule has 0 fully saturated rings. The lowest BCUT2D eigenvalue weighted by Gasteiger charge is -2.31. The molecule has 0 saturated heterocycles. The summed E-state index contributed by atoms with van der Waals surface area (Å²) in [6, 6.07) is 23.0. The average Bonchev–Trinajstić information content (AvgIpc) is 3.35.